The van der Waals surface area contributed by atoms with Gasteiger partial charge in [0.1, 0.15) is 5.69 Å². The molecule has 1 N–H and O–H groups in total. The van der Waals surface area contributed by atoms with E-state index in [9.17, 15) is 0 Å². The lowest BCUT2D eigenvalue weighted by Crippen LogP contribution is -2.09. The van der Waals surface area contributed by atoms with Crippen molar-refractivity contribution in [1.82, 2.24) is 4.98 Å². The summed E-state index contributed by atoms with van der Waals surface area (Å²) in [6.45, 7) is 8.72. The zero-order valence-corrected chi connectivity index (χ0v) is 15.5. The number of ether oxygens (including phenoxy) is 1. The average Bonchev–Trinajstić information content (AvgIpc) is 2.96. The van der Waals surface area contributed by atoms with Crippen LogP contribution in [0, 0.1) is 0 Å². The summed E-state index contributed by atoms with van der Waals surface area (Å²) in [5.74, 6) is 0.867. The van der Waals surface area contributed by atoms with Crippen LogP contribution in [0.4, 0.5) is 5.13 Å². The van der Waals surface area contributed by atoms with Crippen LogP contribution in [0.1, 0.15) is 39.8 Å². The Bertz CT molecular complexity index is 583. The molecule has 126 valence electrons. The third-order valence-electron chi connectivity index (χ3n) is 2.92. The number of methoxy groups -OCH3 is 1. The monoisotopic (exact) mass is 333 g/mol. The molecule has 0 aliphatic heterocycles. The van der Waals surface area contributed by atoms with Gasteiger partial charge in [0, 0.05) is 11.4 Å². The van der Waals surface area contributed by atoms with Crippen molar-refractivity contribution in [2.45, 2.75) is 40.2 Å². The number of hydrogen-bond donors (Lipinski definition) is 1. The van der Waals surface area contributed by atoms with Gasteiger partial charge in [0.2, 0.25) is 0 Å². The summed E-state index contributed by atoms with van der Waals surface area (Å²) in [5.41, 5.74) is 1.79. The van der Waals surface area contributed by atoms with Gasteiger partial charge in [-0.25, -0.2) is 4.98 Å². The molecule has 1 rings (SSSR count). The predicted molar refractivity (Wildman–Crippen MR) is 102 cm³/mol. The first kappa shape index (κ1) is 19.2. The van der Waals surface area contributed by atoms with Gasteiger partial charge >= 0.3 is 0 Å². The van der Waals surface area contributed by atoms with Crippen LogP contribution in [-0.4, -0.2) is 30.4 Å². The summed E-state index contributed by atoms with van der Waals surface area (Å²) in [6, 6.07) is 0.368. The fourth-order valence-electron chi connectivity index (χ4n) is 1.67. The van der Waals surface area contributed by atoms with Gasteiger partial charge in [-0.15, -0.1) is 11.3 Å². The van der Waals surface area contributed by atoms with E-state index in [-0.39, 0.29) is 0 Å². The molecular formula is C18H27N3OS. The molecular weight excluding hydrogens is 306 g/mol. The van der Waals surface area contributed by atoms with Crippen LogP contribution in [0.15, 0.2) is 46.5 Å². The van der Waals surface area contributed by atoms with Crippen molar-refractivity contribution < 1.29 is 4.74 Å². The molecule has 0 saturated heterocycles. The molecule has 0 radical (unpaired) electrons. The normalized spacial score (nSPS) is 13.5. The Kier molecular flexibility index (Phi) is 8.98. The summed E-state index contributed by atoms with van der Waals surface area (Å²) in [7, 11) is 1.66. The maximum absolute atomic E-state index is 5.14. The van der Waals surface area contributed by atoms with E-state index in [4.69, 9.17) is 4.74 Å². The van der Waals surface area contributed by atoms with Gasteiger partial charge in [0.25, 0.3) is 0 Å². The summed E-state index contributed by atoms with van der Waals surface area (Å²) in [5, 5.41) is 6.29. The summed E-state index contributed by atoms with van der Waals surface area (Å²) in [4.78, 5) is 9.26. The van der Waals surface area contributed by atoms with E-state index in [1.807, 2.05) is 37.5 Å². The minimum atomic E-state index is 0.368. The SMILES string of the molecule is C/C=C\C/C=C\C(=NC/C=C(\C)OC)c1csc(NC(C)C)n1. The number of anilines is 1. The largest absolute Gasteiger partial charge is 0.502 e. The zero-order valence-electron chi connectivity index (χ0n) is 14.7. The van der Waals surface area contributed by atoms with Gasteiger partial charge in [-0.05, 0) is 46.3 Å². The fourth-order valence-corrected chi connectivity index (χ4v) is 2.53. The van der Waals surface area contributed by atoms with Crippen LogP contribution in [0.25, 0.3) is 0 Å². The second-order valence-corrected chi connectivity index (χ2v) is 6.15. The number of aromatic nitrogens is 1. The first-order valence-electron chi connectivity index (χ1n) is 7.82. The standard InChI is InChI=1S/C18H27N3OS/c1-6-7-8-9-10-16(19-12-11-15(4)22-5)17-13-23-18(21-17)20-14(2)3/h6-7,9-11,13-14H,8,12H2,1-5H3,(H,20,21)/b7-6-,10-9-,15-11+,19-16?. The van der Waals surface area contributed by atoms with E-state index in [1.54, 1.807) is 18.4 Å². The summed E-state index contributed by atoms with van der Waals surface area (Å²) < 4.78 is 5.14. The molecule has 0 unspecified atom stereocenters. The molecule has 1 aromatic heterocycles. The lowest BCUT2D eigenvalue weighted by Gasteiger charge is -2.04. The van der Waals surface area contributed by atoms with Crippen molar-refractivity contribution in [3.63, 3.8) is 0 Å². The summed E-state index contributed by atoms with van der Waals surface area (Å²) >= 11 is 1.60. The second-order valence-electron chi connectivity index (χ2n) is 5.29. The Hall–Kier alpha value is -1.88. The molecule has 0 spiro atoms. The Morgan fingerprint density at radius 3 is 2.87 bits per heavy atom. The fraction of sp³-hybridized carbons (Fsp3) is 0.444. The van der Waals surface area contributed by atoms with Crippen LogP contribution in [-0.2, 0) is 4.74 Å². The van der Waals surface area contributed by atoms with Gasteiger partial charge in [0.15, 0.2) is 5.13 Å². The molecule has 1 heterocycles. The topological polar surface area (TPSA) is 46.5 Å². The van der Waals surface area contributed by atoms with Crippen molar-refractivity contribution in [3.8, 4) is 0 Å². The van der Waals surface area contributed by atoms with Crippen LogP contribution in [0.5, 0.6) is 0 Å². The molecule has 4 nitrogen and oxygen atoms in total. The molecule has 23 heavy (non-hydrogen) atoms. The summed E-state index contributed by atoms with van der Waals surface area (Å²) in [6.07, 6.45) is 11.1. The Morgan fingerprint density at radius 1 is 1.43 bits per heavy atom. The third-order valence-corrected chi connectivity index (χ3v) is 3.70. The van der Waals surface area contributed by atoms with Crippen LogP contribution >= 0.6 is 11.3 Å². The van der Waals surface area contributed by atoms with Gasteiger partial charge in [-0.1, -0.05) is 18.2 Å². The Morgan fingerprint density at radius 2 is 2.22 bits per heavy atom. The number of rotatable bonds is 9. The maximum Gasteiger partial charge on any atom is 0.183 e. The smallest absolute Gasteiger partial charge is 0.183 e. The highest BCUT2D eigenvalue weighted by molar-refractivity contribution is 7.13. The number of hydrogen-bond acceptors (Lipinski definition) is 5. The van der Waals surface area contributed by atoms with E-state index < -0.39 is 0 Å². The number of thiazole rings is 1. The van der Waals surface area contributed by atoms with E-state index in [0.29, 0.717) is 12.6 Å². The maximum atomic E-state index is 5.14. The van der Waals surface area contributed by atoms with Gasteiger partial charge in [-0.2, -0.15) is 0 Å². The molecule has 0 atom stereocenters. The Balaban J connectivity index is 2.91. The van der Waals surface area contributed by atoms with Gasteiger partial charge in [-0.3, -0.25) is 4.99 Å². The van der Waals surface area contributed by atoms with E-state index in [1.165, 1.54) is 0 Å². The Labute approximate surface area is 143 Å². The average molecular weight is 334 g/mol. The molecule has 0 amide bonds. The molecule has 0 aromatic carbocycles. The van der Waals surface area contributed by atoms with Gasteiger partial charge < -0.3 is 10.1 Å². The molecule has 0 saturated carbocycles. The van der Waals surface area contributed by atoms with E-state index in [0.717, 1.165) is 28.7 Å². The first-order chi connectivity index (χ1) is 11.1. The quantitative estimate of drug-likeness (QED) is 0.400. The van der Waals surface area contributed by atoms with Crippen LogP contribution in [0.2, 0.25) is 0 Å². The van der Waals surface area contributed by atoms with Crippen molar-refractivity contribution in [1.29, 1.82) is 0 Å². The van der Waals surface area contributed by atoms with Crippen molar-refractivity contribution in [2.75, 3.05) is 19.0 Å². The lowest BCUT2D eigenvalue weighted by molar-refractivity contribution is 0.292. The van der Waals surface area contributed by atoms with Crippen LogP contribution < -0.4 is 5.32 Å². The predicted octanol–water partition coefficient (Wildman–Crippen LogP) is 4.83. The van der Waals surface area contributed by atoms with E-state index >= 15 is 0 Å². The number of allylic oxidation sites excluding steroid dienone is 5. The minimum Gasteiger partial charge on any atom is -0.502 e. The third kappa shape index (κ3) is 7.79. The first-order valence-corrected chi connectivity index (χ1v) is 8.70. The lowest BCUT2D eigenvalue weighted by atomic mass is 10.2. The molecule has 5 heteroatoms. The number of nitrogens with zero attached hydrogens (tertiary/aromatic N) is 2. The number of nitrogens with one attached hydrogen (secondary N) is 1. The minimum absolute atomic E-state index is 0.368. The van der Waals surface area contributed by atoms with E-state index in [2.05, 4.69) is 41.3 Å². The van der Waals surface area contributed by atoms with Crippen molar-refractivity contribution in [3.05, 3.63) is 47.2 Å². The molecule has 0 aliphatic rings. The zero-order chi connectivity index (χ0) is 17.1. The molecule has 0 fully saturated rings. The highest BCUT2D eigenvalue weighted by Gasteiger charge is 2.07. The number of aliphatic imine (C=N–C) groups is 1. The van der Waals surface area contributed by atoms with Crippen LogP contribution in [0.3, 0.4) is 0 Å². The van der Waals surface area contributed by atoms with Gasteiger partial charge in [0.05, 0.1) is 25.1 Å². The highest BCUT2D eigenvalue weighted by atomic mass is 32.1. The van der Waals surface area contributed by atoms with Crippen molar-refractivity contribution in [2.24, 2.45) is 4.99 Å². The highest BCUT2D eigenvalue weighted by Crippen LogP contribution is 2.17. The molecule has 1 aromatic rings. The van der Waals surface area contributed by atoms with Crippen molar-refractivity contribution >= 4 is 22.2 Å². The second kappa shape index (κ2) is 10.8. The molecule has 0 aliphatic carbocycles. The molecule has 0 bridgehead atoms.